The Morgan fingerprint density at radius 2 is 1.91 bits per heavy atom. The molecule has 4 saturated carbocycles. The minimum absolute atomic E-state index is 0.0790. The van der Waals surface area contributed by atoms with Crippen molar-refractivity contribution in [2.24, 2.45) is 44.6 Å². The van der Waals surface area contributed by atoms with Crippen LogP contribution >= 0.6 is 0 Å². The van der Waals surface area contributed by atoms with Crippen molar-refractivity contribution in [3.05, 3.63) is 24.3 Å². The zero-order chi connectivity index (χ0) is 24.0. The standard InChI is InChI=1S/C27H40N4O3/c1-25-12-10-20(32)16-19(25)7-8-22-21(25)11-13-26(2)18(9-14-27(22,26)34)6-4-3-5-15-29-31-24-28-17-23(33)30-24/h3-6,15,18-22,32,34H,7-14,16-17H2,1-2H3,(H2,28,30,31,33)/b5-3+,6-4+,29-15+/t18-,19+,20-,21-,22+,25-,26+,27-/m0/s1. The summed E-state index contributed by atoms with van der Waals surface area (Å²) in [6, 6.07) is 0. The monoisotopic (exact) mass is 468 g/mol. The number of carbonyl (C=O) groups is 1. The molecular weight excluding hydrogens is 428 g/mol. The van der Waals surface area contributed by atoms with Gasteiger partial charge in [0.25, 0.3) is 0 Å². The molecule has 0 aromatic heterocycles. The summed E-state index contributed by atoms with van der Waals surface area (Å²) in [6.07, 6.45) is 19.1. The molecule has 4 fully saturated rings. The summed E-state index contributed by atoms with van der Waals surface area (Å²) >= 11 is 0. The molecule has 1 amide bonds. The summed E-state index contributed by atoms with van der Waals surface area (Å²) in [6.45, 7) is 4.94. The normalized spacial score (nSPS) is 46.4. The maximum atomic E-state index is 12.2. The third-order valence-corrected chi connectivity index (χ3v) is 10.4. The molecule has 0 aromatic carbocycles. The van der Waals surface area contributed by atoms with Crippen LogP contribution in [0, 0.1) is 34.5 Å². The molecule has 1 aliphatic heterocycles. The molecule has 4 aliphatic carbocycles. The van der Waals surface area contributed by atoms with Crippen LogP contribution in [0.5, 0.6) is 0 Å². The average Bonchev–Trinajstić information content (AvgIpc) is 3.34. The maximum absolute atomic E-state index is 12.2. The molecule has 5 rings (SSSR count). The van der Waals surface area contributed by atoms with Crippen molar-refractivity contribution in [3.63, 3.8) is 0 Å². The predicted molar refractivity (Wildman–Crippen MR) is 133 cm³/mol. The molecule has 0 bridgehead atoms. The van der Waals surface area contributed by atoms with E-state index in [1.807, 2.05) is 12.2 Å². The summed E-state index contributed by atoms with van der Waals surface area (Å²) in [7, 11) is 0. The van der Waals surface area contributed by atoms with E-state index in [9.17, 15) is 15.0 Å². The van der Waals surface area contributed by atoms with Crippen LogP contribution < -0.4 is 10.7 Å². The van der Waals surface area contributed by atoms with Gasteiger partial charge in [0, 0.05) is 11.6 Å². The summed E-state index contributed by atoms with van der Waals surface area (Å²) in [4.78, 5) is 15.1. The van der Waals surface area contributed by atoms with Crippen LogP contribution in [-0.2, 0) is 4.79 Å². The lowest BCUT2D eigenvalue weighted by atomic mass is 9.43. The van der Waals surface area contributed by atoms with E-state index in [0.717, 1.165) is 51.4 Å². The van der Waals surface area contributed by atoms with Crippen LogP contribution in [0.1, 0.15) is 71.6 Å². The molecule has 34 heavy (non-hydrogen) atoms. The second-order valence-corrected chi connectivity index (χ2v) is 11.8. The van der Waals surface area contributed by atoms with E-state index < -0.39 is 5.60 Å². The van der Waals surface area contributed by atoms with Gasteiger partial charge in [0.05, 0.1) is 11.7 Å². The topological polar surface area (TPSA) is 106 Å². The third kappa shape index (κ3) is 3.85. The molecule has 8 atom stereocenters. The van der Waals surface area contributed by atoms with Crippen molar-refractivity contribution in [2.45, 2.75) is 83.3 Å². The number of hydrogen-bond donors (Lipinski definition) is 4. The first-order chi connectivity index (χ1) is 16.3. The van der Waals surface area contributed by atoms with E-state index in [1.165, 1.54) is 6.42 Å². The number of fused-ring (bicyclic) bond motifs is 5. The van der Waals surface area contributed by atoms with Crippen LogP contribution in [0.3, 0.4) is 0 Å². The lowest BCUT2D eigenvalue weighted by Gasteiger charge is -2.63. The van der Waals surface area contributed by atoms with Crippen molar-refractivity contribution in [1.82, 2.24) is 10.7 Å². The summed E-state index contributed by atoms with van der Waals surface area (Å²) in [5.74, 6) is 2.20. The maximum Gasteiger partial charge on any atom is 0.248 e. The highest BCUT2D eigenvalue weighted by Gasteiger charge is 2.66. The van der Waals surface area contributed by atoms with E-state index in [-0.39, 0.29) is 29.4 Å². The second-order valence-electron chi connectivity index (χ2n) is 11.8. The molecule has 1 heterocycles. The Morgan fingerprint density at radius 3 is 2.71 bits per heavy atom. The largest absolute Gasteiger partial charge is 0.393 e. The highest BCUT2D eigenvalue weighted by molar-refractivity contribution is 6.02. The van der Waals surface area contributed by atoms with Gasteiger partial charge in [-0.3, -0.25) is 10.1 Å². The van der Waals surface area contributed by atoms with Gasteiger partial charge in [0.1, 0.15) is 6.54 Å². The molecule has 0 unspecified atom stereocenters. The number of amides is 1. The molecule has 0 aromatic rings. The first kappa shape index (κ1) is 23.7. The lowest BCUT2D eigenvalue weighted by molar-refractivity contribution is -0.207. The van der Waals surface area contributed by atoms with Crippen molar-refractivity contribution in [3.8, 4) is 0 Å². The van der Waals surface area contributed by atoms with Gasteiger partial charge in [0.2, 0.25) is 11.9 Å². The van der Waals surface area contributed by atoms with Gasteiger partial charge in [-0.25, -0.2) is 10.4 Å². The van der Waals surface area contributed by atoms with Gasteiger partial charge in [-0.05, 0) is 93.0 Å². The molecule has 5 aliphatic rings. The number of rotatable bonds is 4. The van der Waals surface area contributed by atoms with E-state index in [0.29, 0.717) is 29.6 Å². The first-order valence-electron chi connectivity index (χ1n) is 13.1. The Kier molecular flexibility index (Phi) is 6.22. The van der Waals surface area contributed by atoms with Crippen LogP contribution in [0.4, 0.5) is 0 Å². The molecular formula is C27H40N4O3. The van der Waals surface area contributed by atoms with Crippen LogP contribution in [-0.4, -0.2) is 46.5 Å². The average molecular weight is 469 g/mol. The Labute approximate surface area is 202 Å². The molecule has 186 valence electrons. The number of aliphatic imine (C=N–C) groups is 1. The molecule has 0 saturated heterocycles. The van der Waals surface area contributed by atoms with Crippen molar-refractivity contribution in [1.29, 1.82) is 0 Å². The SMILES string of the molecule is C[C@]12CC[C@H](O)C[C@H]1CC[C@@H]1[C@@H]2CC[C@]2(C)[C@@H](/C=C/C=C/C=N/NC3=NCC(=O)N3)CC[C@]12O. The van der Waals surface area contributed by atoms with Crippen LogP contribution in [0.15, 0.2) is 34.4 Å². The highest BCUT2D eigenvalue weighted by atomic mass is 16.3. The van der Waals surface area contributed by atoms with Gasteiger partial charge >= 0.3 is 0 Å². The third-order valence-electron chi connectivity index (χ3n) is 10.4. The number of nitrogens with zero attached hydrogens (tertiary/aromatic N) is 2. The number of guanidine groups is 1. The van der Waals surface area contributed by atoms with Crippen molar-refractivity contribution < 1.29 is 15.0 Å². The highest BCUT2D eigenvalue weighted by Crippen LogP contribution is 2.69. The minimum Gasteiger partial charge on any atom is -0.393 e. The summed E-state index contributed by atoms with van der Waals surface area (Å²) < 4.78 is 0. The number of allylic oxidation sites excluding steroid dienone is 4. The van der Waals surface area contributed by atoms with E-state index >= 15 is 0 Å². The Balaban J connectivity index is 1.22. The quantitative estimate of drug-likeness (QED) is 0.289. The van der Waals surface area contributed by atoms with Crippen molar-refractivity contribution >= 4 is 18.1 Å². The fraction of sp³-hybridized carbons (Fsp3) is 0.741. The van der Waals surface area contributed by atoms with Crippen LogP contribution in [0.25, 0.3) is 0 Å². The van der Waals surface area contributed by atoms with E-state index in [4.69, 9.17) is 0 Å². The summed E-state index contributed by atoms with van der Waals surface area (Å²) in [5.41, 5.74) is 2.32. The molecule has 7 heteroatoms. The Morgan fingerprint density at radius 1 is 1.06 bits per heavy atom. The zero-order valence-electron chi connectivity index (χ0n) is 20.5. The van der Waals surface area contributed by atoms with Gasteiger partial charge in [-0.1, -0.05) is 32.1 Å². The fourth-order valence-electron chi connectivity index (χ4n) is 8.43. The van der Waals surface area contributed by atoms with Crippen LogP contribution in [0.2, 0.25) is 0 Å². The minimum atomic E-state index is -0.587. The number of nitrogens with one attached hydrogen (secondary N) is 2. The number of carbonyl (C=O) groups excluding carboxylic acids is 1. The summed E-state index contributed by atoms with van der Waals surface area (Å²) in [5, 5.41) is 29.1. The van der Waals surface area contributed by atoms with Crippen molar-refractivity contribution in [2.75, 3.05) is 6.54 Å². The fourth-order valence-corrected chi connectivity index (χ4v) is 8.43. The Hall–Kier alpha value is -1.99. The van der Waals surface area contributed by atoms with Gasteiger partial charge in [0.15, 0.2) is 0 Å². The predicted octanol–water partition coefficient (Wildman–Crippen LogP) is 3.29. The number of aliphatic hydroxyl groups is 2. The zero-order valence-corrected chi connectivity index (χ0v) is 20.5. The lowest BCUT2D eigenvalue weighted by Crippen LogP contribution is -2.62. The first-order valence-corrected chi connectivity index (χ1v) is 13.1. The van der Waals surface area contributed by atoms with Gasteiger partial charge in [-0.2, -0.15) is 5.10 Å². The molecule has 0 spiro atoms. The number of hydrazone groups is 1. The number of aliphatic hydroxyl groups excluding tert-OH is 1. The van der Waals surface area contributed by atoms with Gasteiger partial charge < -0.3 is 10.2 Å². The number of hydrogen-bond acceptors (Lipinski definition) is 6. The molecule has 7 nitrogen and oxygen atoms in total. The smallest absolute Gasteiger partial charge is 0.248 e. The Bertz CT molecular complexity index is 929. The second kappa shape index (κ2) is 8.90. The van der Waals surface area contributed by atoms with E-state index in [2.05, 4.69) is 46.8 Å². The molecule has 4 N–H and O–H groups in total. The molecule has 0 radical (unpaired) electrons. The van der Waals surface area contributed by atoms with Gasteiger partial charge in [-0.15, -0.1) is 0 Å². The van der Waals surface area contributed by atoms with E-state index in [1.54, 1.807) is 6.21 Å².